The minimum atomic E-state index is -0.784. The van der Waals surface area contributed by atoms with Gasteiger partial charge in [0, 0.05) is 12.1 Å². The number of aromatic nitrogens is 2. The van der Waals surface area contributed by atoms with Crippen molar-refractivity contribution in [3.05, 3.63) is 63.0 Å². The zero-order valence-corrected chi connectivity index (χ0v) is 17.8. The Balaban J connectivity index is 1.71. The predicted octanol–water partition coefficient (Wildman–Crippen LogP) is 4.12. The van der Waals surface area contributed by atoms with Crippen molar-refractivity contribution in [3.63, 3.8) is 0 Å². The predicted molar refractivity (Wildman–Crippen MR) is 113 cm³/mol. The number of aryl methyl sites for hydroxylation is 1. The Hall–Kier alpha value is -3.44. The Morgan fingerprint density at radius 3 is 2.74 bits per heavy atom. The van der Waals surface area contributed by atoms with Crippen LogP contribution < -0.4 is 5.32 Å². The number of furan rings is 1. The highest BCUT2D eigenvalue weighted by atomic mass is 35.5. The van der Waals surface area contributed by atoms with Crippen molar-refractivity contribution < 1.29 is 23.7 Å². The highest BCUT2D eigenvalue weighted by Crippen LogP contribution is 2.27. The number of nitro benzene ring substituents is 1. The summed E-state index contributed by atoms with van der Waals surface area (Å²) in [5.74, 6) is -0.728. The Bertz CT molecular complexity index is 1150. The molecule has 12 heteroatoms. The highest BCUT2D eigenvalue weighted by Gasteiger charge is 2.22. The van der Waals surface area contributed by atoms with E-state index >= 15 is 0 Å². The number of hydrogen-bond donors (Lipinski definition) is 1. The topological polar surface area (TPSA) is 137 Å². The molecule has 0 aliphatic carbocycles. The molecule has 0 saturated carbocycles. The number of hydrogen-bond acceptors (Lipinski definition) is 9. The lowest BCUT2D eigenvalue weighted by molar-refractivity contribution is -0.384. The van der Waals surface area contributed by atoms with Crippen molar-refractivity contribution in [1.29, 1.82) is 0 Å². The molecular formula is C19H15ClN4O6S. The lowest BCUT2D eigenvalue weighted by Gasteiger charge is -2.11. The van der Waals surface area contributed by atoms with Crippen LogP contribution in [-0.4, -0.2) is 39.6 Å². The Morgan fingerprint density at radius 1 is 1.32 bits per heavy atom. The Kier molecular flexibility index (Phi) is 6.88. The van der Waals surface area contributed by atoms with Gasteiger partial charge in [0.25, 0.3) is 11.6 Å². The number of thioether (sulfide) groups is 1. The van der Waals surface area contributed by atoms with Gasteiger partial charge in [-0.3, -0.25) is 14.9 Å². The second kappa shape index (κ2) is 9.58. The largest absolute Gasteiger partial charge is 0.461 e. The van der Waals surface area contributed by atoms with Gasteiger partial charge in [0.15, 0.2) is 18.2 Å². The molecule has 1 aromatic carbocycles. The average molecular weight is 463 g/mol. The summed E-state index contributed by atoms with van der Waals surface area (Å²) in [6, 6.07) is 6.99. The van der Waals surface area contributed by atoms with E-state index in [2.05, 4.69) is 15.3 Å². The molecule has 0 aliphatic rings. The van der Waals surface area contributed by atoms with Crippen LogP contribution in [0.25, 0.3) is 11.6 Å². The minimum absolute atomic E-state index is 0.0315. The fourth-order valence-electron chi connectivity index (χ4n) is 2.56. The monoisotopic (exact) mass is 462 g/mol. The van der Waals surface area contributed by atoms with Crippen LogP contribution in [0.4, 0.5) is 11.4 Å². The van der Waals surface area contributed by atoms with Gasteiger partial charge in [-0.2, -0.15) is 0 Å². The van der Waals surface area contributed by atoms with E-state index in [1.807, 2.05) is 0 Å². The SMILES string of the molecule is CSc1nc(-c2ccco2)nc(C)c1C(=O)OCC(=O)Nc1cc([N+](=O)[O-])ccc1Cl. The summed E-state index contributed by atoms with van der Waals surface area (Å²) < 4.78 is 10.4. The number of carbonyl (C=O) groups is 2. The van der Waals surface area contributed by atoms with E-state index in [1.54, 1.807) is 25.3 Å². The van der Waals surface area contributed by atoms with Crippen molar-refractivity contribution >= 4 is 46.6 Å². The van der Waals surface area contributed by atoms with Crippen molar-refractivity contribution in [2.75, 3.05) is 18.2 Å². The number of nitro groups is 1. The fourth-order valence-corrected chi connectivity index (χ4v) is 3.34. The number of nitrogens with zero attached hydrogens (tertiary/aromatic N) is 3. The number of carbonyl (C=O) groups excluding carboxylic acids is 2. The first-order valence-corrected chi connectivity index (χ1v) is 10.3. The van der Waals surface area contributed by atoms with Gasteiger partial charge in [0.2, 0.25) is 0 Å². The standard InChI is InChI=1S/C19H15ClN4O6S/c1-10-16(18(31-2)23-17(21-10)14-4-3-7-29-14)19(26)30-9-15(25)22-13-8-11(24(27)28)5-6-12(13)20/h3-8H,9H2,1-2H3,(H,22,25). The maximum Gasteiger partial charge on any atom is 0.343 e. The first-order valence-electron chi connectivity index (χ1n) is 8.67. The molecule has 1 N–H and O–H groups in total. The number of esters is 1. The van der Waals surface area contributed by atoms with E-state index in [0.29, 0.717) is 22.3 Å². The van der Waals surface area contributed by atoms with Crippen LogP contribution in [0.15, 0.2) is 46.0 Å². The average Bonchev–Trinajstić information content (AvgIpc) is 3.27. The summed E-state index contributed by atoms with van der Waals surface area (Å²) >= 11 is 7.17. The number of non-ortho nitro benzene ring substituents is 1. The number of nitrogens with one attached hydrogen (secondary N) is 1. The van der Waals surface area contributed by atoms with Crippen LogP contribution in [0.5, 0.6) is 0 Å². The first kappa shape index (κ1) is 22.2. The summed E-state index contributed by atoms with van der Waals surface area (Å²) in [5, 5.41) is 13.7. The second-order valence-electron chi connectivity index (χ2n) is 6.04. The quantitative estimate of drug-likeness (QED) is 0.180. The van der Waals surface area contributed by atoms with Gasteiger partial charge in [0.05, 0.1) is 27.6 Å². The molecule has 2 heterocycles. The van der Waals surface area contributed by atoms with E-state index in [-0.39, 0.29) is 22.0 Å². The number of halogens is 1. The van der Waals surface area contributed by atoms with E-state index in [1.165, 1.54) is 30.2 Å². The van der Waals surface area contributed by atoms with Crippen molar-refractivity contribution in [2.24, 2.45) is 0 Å². The molecule has 160 valence electrons. The second-order valence-corrected chi connectivity index (χ2v) is 7.24. The van der Waals surface area contributed by atoms with Crippen molar-refractivity contribution in [2.45, 2.75) is 11.9 Å². The smallest absolute Gasteiger partial charge is 0.343 e. The first-order chi connectivity index (χ1) is 14.8. The van der Waals surface area contributed by atoms with Crippen LogP contribution in [0.2, 0.25) is 5.02 Å². The van der Waals surface area contributed by atoms with Gasteiger partial charge in [0.1, 0.15) is 10.6 Å². The van der Waals surface area contributed by atoms with Gasteiger partial charge in [-0.25, -0.2) is 14.8 Å². The third-order valence-corrected chi connectivity index (χ3v) is 4.98. The minimum Gasteiger partial charge on any atom is -0.461 e. The Labute approximate surface area is 185 Å². The molecule has 31 heavy (non-hydrogen) atoms. The molecule has 0 saturated heterocycles. The normalized spacial score (nSPS) is 10.5. The molecule has 0 atom stereocenters. The van der Waals surface area contributed by atoms with Crippen molar-refractivity contribution in [3.8, 4) is 11.6 Å². The molecule has 1 amide bonds. The van der Waals surface area contributed by atoms with Gasteiger partial charge < -0.3 is 14.5 Å². The van der Waals surface area contributed by atoms with Crippen LogP contribution in [-0.2, 0) is 9.53 Å². The number of amides is 1. The number of benzene rings is 1. The zero-order chi connectivity index (χ0) is 22.5. The van der Waals surface area contributed by atoms with Crippen LogP contribution in [0.1, 0.15) is 16.1 Å². The molecule has 0 radical (unpaired) electrons. The summed E-state index contributed by atoms with van der Waals surface area (Å²) in [6.45, 7) is 0.985. The fraction of sp³-hybridized carbons (Fsp3) is 0.158. The molecular weight excluding hydrogens is 448 g/mol. The summed E-state index contributed by atoms with van der Waals surface area (Å²) in [6.07, 6.45) is 3.22. The van der Waals surface area contributed by atoms with Gasteiger partial charge in [-0.1, -0.05) is 11.6 Å². The van der Waals surface area contributed by atoms with Gasteiger partial charge in [-0.15, -0.1) is 11.8 Å². The molecule has 0 spiro atoms. The number of anilines is 1. The van der Waals surface area contributed by atoms with Crippen LogP contribution in [0.3, 0.4) is 0 Å². The molecule has 0 bridgehead atoms. The van der Waals surface area contributed by atoms with Gasteiger partial charge >= 0.3 is 5.97 Å². The molecule has 10 nitrogen and oxygen atoms in total. The third kappa shape index (κ3) is 5.19. The molecule has 0 aliphatic heterocycles. The van der Waals surface area contributed by atoms with E-state index in [9.17, 15) is 19.7 Å². The van der Waals surface area contributed by atoms with Crippen molar-refractivity contribution in [1.82, 2.24) is 9.97 Å². The van der Waals surface area contributed by atoms with E-state index in [4.69, 9.17) is 20.8 Å². The lowest BCUT2D eigenvalue weighted by atomic mass is 10.2. The molecule has 3 rings (SSSR count). The molecule has 3 aromatic rings. The maximum absolute atomic E-state index is 12.6. The molecule has 2 aromatic heterocycles. The van der Waals surface area contributed by atoms with Gasteiger partial charge in [-0.05, 0) is 31.4 Å². The summed E-state index contributed by atoms with van der Waals surface area (Å²) in [7, 11) is 0. The van der Waals surface area contributed by atoms with E-state index in [0.717, 1.165) is 6.07 Å². The summed E-state index contributed by atoms with van der Waals surface area (Å²) in [5.41, 5.74) is 0.275. The zero-order valence-electron chi connectivity index (χ0n) is 16.2. The number of ether oxygens (including phenoxy) is 1. The lowest BCUT2D eigenvalue weighted by Crippen LogP contribution is -2.22. The molecule has 0 fully saturated rings. The molecule has 0 unspecified atom stereocenters. The van der Waals surface area contributed by atoms with E-state index < -0.39 is 23.4 Å². The van der Waals surface area contributed by atoms with Crippen LogP contribution >= 0.6 is 23.4 Å². The number of rotatable bonds is 7. The maximum atomic E-state index is 12.6. The third-order valence-electron chi connectivity index (χ3n) is 3.96. The summed E-state index contributed by atoms with van der Waals surface area (Å²) in [4.78, 5) is 43.6. The highest BCUT2D eigenvalue weighted by molar-refractivity contribution is 7.98. The van der Waals surface area contributed by atoms with Crippen LogP contribution in [0, 0.1) is 17.0 Å². The Morgan fingerprint density at radius 2 is 2.10 bits per heavy atom.